The van der Waals surface area contributed by atoms with Crippen molar-refractivity contribution in [2.75, 3.05) is 14.2 Å². The molecule has 0 atom stereocenters. The Morgan fingerprint density at radius 3 is 2.17 bits per heavy atom. The standard InChI is InChI=1S/C17H18F2O3Si/c1-4-23(21-2,22-3)17(20)15-13(10-11-14(18)16(15)19)12-8-6-5-7-9-12/h5-11H,4H2,1-3H3. The second-order valence-corrected chi connectivity index (χ2v) is 8.48. The Balaban J connectivity index is 2.70. The predicted octanol–water partition coefficient (Wildman–Crippen LogP) is 4.11. The third kappa shape index (κ3) is 3.10. The summed E-state index contributed by atoms with van der Waals surface area (Å²) in [5.74, 6) is -2.24. The molecule has 0 N–H and O–H groups in total. The molecule has 2 aromatic carbocycles. The molecular weight excluding hydrogens is 318 g/mol. The molecule has 0 bridgehead atoms. The highest BCUT2D eigenvalue weighted by Crippen LogP contribution is 2.31. The molecule has 3 nitrogen and oxygen atoms in total. The van der Waals surface area contributed by atoms with Crippen LogP contribution < -0.4 is 0 Å². The molecule has 0 heterocycles. The molecule has 122 valence electrons. The highest BCUT2D eigenvalue weighted by atomic mass is 28.4. The fraction of sp³-hybridized carbons (Fsp3) is 0.235. The van der Waals surface area contributed by atoms with E-state index in [1.807, 2.05) is 0 Å². The van der Waals surface area contributed by atoms with Gasteiger partial charge in [-0.3, -0.25) is 4.79 Å². The Bertz CT molecular complexity index is 692. The van der Waals surface area contributed by atoms with E-state index in [0.29, 0.717) is 17.2 Å². The normalized spacial score (nSPS) is 11.5. The van der Waals surface area contributed by atoms with Crippen LogP contribution in [0.5, 0.6) is 0 Å². The van der Waals surface area contributed by atoms with Crippen LogP contribution in [0.1, 0.15) is 17.3 Å². The first-order chi connectivity index (χ1) is 11.0. The average molecular weight is 336 g/mol. The van der Waals surface area contributed by atoms with Crippen molar-refractivity contribution in [3.63, 3.8) is 0 Å². The van der Waals surface area contributed by atoms with Crippen molar-refractivity contribution in [3.05, 3.63) is 59.7 Å². The van der Waals surface area contributed by atoms with Gasteiger partial charge in [-0.2, -0.15) is 0 Å². The molecule has 0 aromatic heterocycles. The number of hydrogen-bond donors (Lipinski definition) is 0. The van der Waals surface area contributed by atoms with E-state index in [1.54, 1.807) is 37.3 Å². The number of carbonyl (C=O) groups is 1. The maximum absolute atomic E-state index is 14.5. The maximum atomic E-state index is 14.5. The summed E-state index contributed by atoms with van der Waals surface area (Å²) in [6, 6.07) is 11.5. The molecule has 2 rings (SSSR count). The molecule has 0 aliphatic carbocycles. The van der Waals surface area contributed by atoms with Crippen LogP contribution in [0.15, 0.2) is 42.5 Å². The van der Waals surface area contributed by atoms with Crippen molar-refractivity contribution >= 4 is 14.0 Å². The predicted molar refractivity (Wildman–Crippen MR) is 86.4 cm³/mol. The highest BCUT2D eigenvalue weighted by Gasteiger charge is 2.46. The van der Waals surface area contributed by atoms with Crippen molar-refractivity contribution in [1.82, 2.24) is 0 Å². The minimum Gasteiger partial charge on any atom is -0.392 e. The van der Waals surface area contributed by atoms with Gasteiger partial charge in [-0.15, -0.1) is 0 Å². The Hall–Kier alpha value is -1.89. The van der Waals surface area contributed by atoms with Crippen LogP contribution in [0.4, 0.5) is 8.78 Å². The molecule has 0 aliphatic heterocycles. The summed E-state index contributed by atoms with van der Waals surface area (Å²) in [5.41, 5.74) is 0.642. The lowest BCUT2D eigenvalue weighted by molar-refractivity contribution is 0.0976. The lowest BCUT2D eigenvalue weighted by atomic mass is 9.99. The summed E-state index contributed by atoms with van der Waals surface area (Å²) in [6.45, 7) is 1.73. The topological polar surface area (TPSA) is 35.5 Å². The molecule has 0 saturated heterocycles. The van der Waals surface area contributed by atoms with Crippen LogP contribution in [0.2, 0.25) is 6.04 Å². The van der Waals surface area contributed by atoms with Crippen molar-refractivity contribution in [1.29, 1.82) is 0 Å². The van der Waals surface area contributed by atoms with Gasteiger partial charge in [0, 0.05) is 14.2 Å². The first kappa shape index (κ1) is 17.5. The lowest BCUT2D eigenvalue weighted by Crippen LogP contribution is -2.49. The highest BCUT2D eigenvalue weighted by molar-refractivity contribution is 6.99. The lowest BCUT2D eigenvalue weighted by Gasteiger charge is -2.25. The maximum Gasteiger partial charge on any atom is 0.415 e. The van der Waals surface area contributed by atoms with Gasteiger partial charge in [0.15, 0.2) is 11.6 Å². The van der Waals surface area contributed by atoms with Gasteiger partial charge >= 0.3 is 8.56 Å². The fourth-order valence-electron chi connectivity index (χ4n) is 2.54. The number of halogens is 2. The zero-order valence-corrected chi connectivity index (χ0v) is 14.2. The third-order valence-corrected chi connectivity index (χ3v) is 7.07. The van der Waals surface area contributed by atoms with E-state index >= 15 is 0 Å². The monoisotopic (exact) mass is 336 g/mol. The van der Waals surface area contributed by atoms with E-state index in [4.69, 9.17) is 8.85 Å². The van der Waals surface area contributed by atoms with Crippen LogP contribution in [0.3, 0.4) is 0 Å². The van der Waals surface area contributed by atoms with Crippen LogP contribution in [0.25, 0.3) is 11.1 Å². The zero-order chi connectivity index (χ0) is 17.0. The molecule has 0 spiro atoms. The van der Waals surface area contributed by atoms with Gasteiger partial charge in [-0.25, -0.2) is 8.78 Å². The quantitative estimate of drug-likeness (QED) is 0.745. The average Bonchev–Trinajstić information content (AvgIpc) is 2.60. The van der Waals surface area contributed by atoms with Gasteiger partial charge < -0.3 is 8.85 Å². The summed E-state index contributed by atoms with van der Waals surface area (Å²) in [7, 11) is -0.610. The summed E-state index contributed by atoms with van der Waals surface area (Å²) in [5, 5.41) is -0.610. The fourth-order valence-corrected chi connectivity index (χ4v) is 4.60. The van der Waals surface area contributed by atoms with Gasteiger partial charge in [0.25, 0.3) is 0 Å². The smallest absolute Gasteiger partial charge is 0.392 e. The molecule has 6 heteroatoms. The van der Waals surface area contributed by atoms with Crippen molar-refractivity contribution in [3.8, 4) is 11.1 Å². The largest absolute Gasteiger partial charge is 0.415 e. The first-order valence-corrected chi connectivity index (χ1v) is 9.21. The number of hydrogen-bond acceptors (Lipinski definition) is 3. The van der Waals surface area contributed by atoms with Crippen LogP contribution in [0, 0.1) is 11.6 Å². The van der Waals surface area contributed by atoms with Crippen LogP contribution in [-0.2, 0) is 8.85 Å². The summed E-state index contributed by atoms with van der Waals surface area (Å²) in [6.07, 6.45) is 0. The molecule has 23 heavy (non-hydrogen) atoms. The van der Waals surface area contributed by atoms with Crippen molar-refractivity contribution in [2.24, 2.45) is 0 Å². The Labute approximate surface area is 135 Å². The summed E-state index contributed by atoms with van der Waals surface area (Å²) >= 11 is 0. The second kappa shape index (κ2) is 7.12. The molecule has 0 radical (unpaired) electrons. The van der Waals surface area contributed by atoms with E-state index < -0.39 is 25.6 Å². The molecular formula is C17H18F2O3Si. The molecule has 0 amide bonds. The van der Waals surface area contributed by atoms with Gasteiger partial charge in [0.1, 0.15) is 0 Å². The van der Waals surface area contributed by atoms with Gasteiger partial charge in [0.2, 0.25) is 5.41 Å². The third-order valence-electron chi connectivity index (χ3n) is 3.88. The molecule has 0 aliphatic rings. The van der Waals surface area contributed by atoms with Crippen molar-refractivity contribution < 1.29 is 22.4 Å². The van der Waals surface area contributed by atoms with Crippen LogP contribution in [-0.4, -0.2) is 28.2 Å². The molecule has 0 unspecified atom stereocenters. The number of benzene rings is 2. The van der Waals surface area contributed by atoms with Gasteiger partial charge in [-0.05, 0) is 23.2 Å². The summed E-state index contributed by atoms with van der Waals surface area (Å²) < 4.78 is 38.8. The SMILES string of the molecule is CC[Si](OC)(OC)C(=O)c1c(-c2ccccc2)ccc(F)c1F. The first-order valence-electron chi connectivity index (χ1n) is 7.19. The second-order valence-electron chi connectivity index (χ2n) is 4.99. The number of carbonyl (C=O) groups excluding carboxylic acids is 1. The Morgan fingerprint density at radius 2 is 1.65 bits per heavy atom. The minimum atomic E-state index is -3.33. The number of rotatable bonds is 6. The van der Waals surface area contributed by atoms with Crippen molar-refractivity contribution in [2.45, 2.75) is 13.0 Å². The Kier molecular flexibility index (Phi) is 5.41. The van der Waals surface area contributed by atoms with E-state index in [0.717, 1.165) is 6.07 Å². The van der Waals surface area contributed by atoms with E-state index in [2.05, 4.69) is 0 Å². The summed E-state index contributed by atoms with van der Waals surface area (Å²) in [4.78, 5) is 12.9. The molecule has 0 fully saturated rings. The molecule has 2 aromatic rings. The van der Waals surface area contributed by atoms with Gasteiger partial charge in [-0.1, -0.05) is 43.3 Å². The zero-order valence-electron chi connectivity index (χ0n) is 13.2. The van der Waals surface area contributed by atoms with Gasteiger partial charge in [0.05, 0.1) is 5.56 Å². The molecule has 0 saturated carbocycles. The Morgan fingerprint density at radius 1 is 1.04 bits per heavy atom. The van der Waals surface area contributed by atoms with E-state index in [-0.39, 0.29) is 5.56 Å². The van der Waals surface area contributed by atoms with Crippen LogP contribution >= 0.6 is 0 Å². The van der Waals surface area contributed by atoms with E-state index in [1.165, 1.54) is 20.3 Å². The van der Waals surface area contributed by atoms with E-state index in [9.17, 15) is 13.6 Å². The minimum absolute atomic E-state index is 0.295.